The molecule has 0 aromatic carbocycles. The SMILES string of the molecule is C=C(C)C(C)(CO)[C@]1(O)CO[C@@H](n2ccc(N)nc2=O)[C@@H]1F. The van der Waals surface area contributed by atoms with Crippen LogP contribution in [0.1, 0.15) is 20.1 Å². The molecule has 0 radical (unpaired) electrons. The van der Waals surface area contributed by atoms with Crippen LogP contribution in [-0.4, -0.2) is 44.8 Å². The fraction of sp³-hybridized carbons (Fsp3) is 0.571. The number of alkyl halides is 1. The zero-order chi connectivity index (χ0) is 16.7. The summed E-state index contributed by atoms with van der Waals surface area (Å²) in [7, 11) is 0. The van der Waals surface area contributed by atoms with Gasteiger partial charge in [0.1, 0.15) is 11.4 Å². The molecule has 4 N–H and O–H groups in total. The molecule has 0 bridgehead atoms. The van der Waals surface area contributed by atoms with Crippen LogP contribution >= 0.6 is 0 Å². The number of hydrogen-bond donors (Lipinski definition) is 3. The van der Waals surface area contributed by atoms with E-state index >= 15 is 0 Å². The van der Waals surface area contributed by atoms with Crippen LogP contribution in [0.4, 0.5) is 10.2 Å². The molecule has 4 atom stereocenters. The van der Waals surface area contributed by atoms with Gasteiger partial charge in [0.05, 0.1) is 13.2 Å². The van der Waals surface area contributed by atoms with Gasteiger partial charge in [-0.05, 0) is 13.0 Å². The molecule has 1 fully saturated rings. The second-order valence-electron chi connectivity index (χ2n) is 5.84. The van der Waals surface area contributed by atoms with Crippen molar-refractivity contribution in [3.63, 3.8) is 0 Å². The quantitative estimate of drug-likeness (QED) is 0.675. The number of aromatic nitrogens is 2. The maximum Gasteiger partial charge on any atom is 0.351 e. The highest BCUT2D eigenvalue weighted by Gasteiger charge is 2.60. The van der Waals surface area contributed by atoms with E-state index in [2.05, 4.69) is 11.6 Å². The van der Waals surface area contributed by atoms with Gasteiger partial charge in [-0.15, -0.1) is 0 Å². The van der Waals surface area contributed by atoms with Gasteiger partial charge in [-0.25, -0.2) is 9.18 Å². The smallest absolute Gasteiger partial charge is 0.351 e. The molecule has 1 saturated heterocycles. The van der Waals surface area contributed by atoms with Crippen molar-refractivity contribution in [3.05, 3.63) is 34.9 Å². The summed E-state index contributed by atoms with van der Waals surface area (Å²) in [6, 6.07) is 1.33. The Morgan fingerprint density at radius 1 is 1.77 bits per heavy atom. The Bertz CT molecular complexity index is 649. The number of anilines is 1. The molecule has 2 rings (SSSR count). The molecule has 1 aromatic heterocycles. The fourth-order valence-electron chi connectivity index (χ4n) is 2.56. The van der Waals surface area contributed by atoms with Gasteiger partial charge in [0, 0.05) is 11.6 Å². The number of nitrogen functional groups attached to an aromatic ring is 1. The molecule has 1 aromatic rings. The predicted molar refractivity (Wildman–Crippen MR) is 77.8 cm³/mol. The second-order valence-corrected chi connectivity index (χ2v) is 5.84. The Balaban J connectivity index is 2.42. The molecular formula is C14H20FN3O4. The first-order chi connectivity index (χ1) is 10.2. The summed E-state index contributed by atoms with van der Waals surface area (Å²) in [5, 5.41) is 20.4. The number of rotatable bonds is 4. The zero-order valence-electron chi connectivity index (χ0n) is 12.5. The van der Waals surface area contributed by atoms with E-state index in [-0.39, 0.29) is 12.4 Å². The predicted octanol–water partition coefficient (Wildman–Crippen LogP) is -0.00180. The van der Waals surface area contributed by atoms with Crippen LogP contribution < -0.4 is 11.4 Å². The molecular weight excluding hydrogens is 293 g/mol. The Morgan fingerprint density at radius 2 is 2.41 bits per heavy atom. The second kappa shape index (κ2) is 5.45. The van der Waals surface area contributed by atoms with E-state index in [1.54, 1.807) is 6.92 Å². The average molecular weight is 313 g/mol. The summed E-state index contributed by atoms with van der Waals surface area (Å²) < 4.78 is 21.1. The van der Waals surface area contributed by atoms with Gasteiger partial charge in [0.15, 0.2) is 12.4 Å². The fourth-order valence-corrected chi connectivity index (χ4v) is 2.56. The van der Waals surface area contributed by atoms with Gasteiger partial charge in [-0.2, -0.15) is 4.98 Å². The Morgan fingerprint density at radius 3 is 2.91 bits per heavy atom. The minimum Gasteiger partial charge on any atom is -0.395 e. The van der Waals surface area contributed by atoms with Gasteiger partial charge in [0.25, 0.3) is 0 Å². The van der Waals surface area contributed by atoms with Gasteiger partial charge in [-0.1, -0.05) is 19.1 Å². The van der Waals surface area contributed by atoms with E-state index in [9.17, 15) is 19.4 Å². The molecule has 0 saturated carbocycles. The highest BCUT2D eigenvalue weighted by Crippen LogP contribution is 2.48. The summed E-state index contributed by atoms with van der Waals surface area (Å²) in [6.07, 6.45) is -2.05. The lowest BCUT2D eigenvalue weighted by Gasteiger charge is -2.42. The molecule has 1 unspecified atom stereocenters. The highest BCUT2D eigenvalue weighted by atomic mass is 19.1. The van der Waals surface area contributed by atoms with Crippen LogP contribution in [0.3, 0.4) is 0 Å². The maximum absolute atomic E-state index is 14.9. The normalized spacial score (nSPS) is 31.0. The minimum atomic E-state index is -2.01. The standard InChI is InChI=1S/C14H20FN3O4/c1-8(2)13(3,6-19)14(21)7-22-11(10(14)15)18-5-4-9(16)17-12(18)20/h4-5,10-11,19,21H,1,6-7H2,2-3H3,(H2,16,17,20)/t10-,11+,13?,14-/m0/s1. The van der Waals surface area contributed by atoms with Crippen molar-refractivity contribution >= 4 is 5.82 Å². The summed E-state index contributed by atoms with van der Waals surface area (Å²) in [5.74, 6) is 0.00653. The molecule has 8 heteroatoms. The highest BCUT2D eigenvalue weighted by molar-refractivity contribution is 5.24. The van der Waals surface area contributed by atoms with E-state index in [1.165, 1.54) is 19.2 Å². The molecule has 22 heavy (non-hydrogen) atoms. The molecule has 0 aliphatic carbocycles. The molecule has 1 aliphatic heterocycles. The van der Waals surface area contributed by atoms with Crippen LogP contribution in [0.15, 0.2) is 29.2 Å². The molecule has 2 heterocycles. The Hall–Kier alpha value is -1.77. The first kappa shape index (κ1) is 16.6. The topological polar surface area (TPSA) is 111 Å². The number of nitrogens with zero attached hydrogens (tertiary/aromatic N) is 2. The lowest BCUT2D eigenvalue weighted by molar-refractivity contribution is -0.112. The lowest BCUT2D eigenvalue weighted by atomic mass is 9.68. The zero-order valence-corrected chi connectivity index (χ0v) is 12.5. The van der Waals surface area contributed by atoms with Gasteiger partial charge >= 0.3 is 5.69 Å². The average Bonchev–Trinajstić information content (AvgIpc) is 2.76. The van der Waals surface area contributed by atoms with Gasteiger partial charge in [-0.3, -0.25) is 4.57 Å². The van der Waals surface area contributed by atoms with Crippen molar-refractivity contribution in [1.82, 2.24) is 9.55 Å². The number of nitrogens with two attached hydrogens (primary N) is 1. The summed E-state index contributed by atoms with van der Waals surface area (Å²) in [6.45, 7) is 5.90. The third-order valence-corrected chi connectivity index (χ3v) is 4.52. The van der Waals surface area contributed by atoms with E-state index < -0.39 is 35.7 Å². The number of ether oxygens (including phenoxy) is 1. The van der Waals surface area contributed by atoms with Crippen LogP contribution in [0.25, 0.3) is 0 Å². The number of aliphatic hydroxyl groups is 2. The largest absolute Gasteiger partial charge is 0.395 e. The van der Waals surface area contributed by atoms with Crippen molar-refractivity contribution in [2.45, 2.75) is 31.8 Å². The van der Waals surface area contributed by atoms with Crippen LogP contribution in [-0.2, 0) is 4.74 Å². The van der Waals surface area contributed by atoms with E-state index in [4.69, 9.17) is 10.5 Å². The third kappa shape index (κ3) is 2.23. The van der Waals surface area contributed by atoms with Crippen LogP contribution in [0.5, 0.6) is 0 Å². The Kier molecular flexibility index (Phi) is 4.12. The van der Waals surface area contributed by atoms with E-state index in [0.717, 1.165) is 4.57 Å². The summed E-state index contributed by atoms with van der Waals surface area (Å²) >= 11 is 0. The lowest BCUT2D eigenvalue weighted by Crippen LogP contribution is -2.56. The van der Waals surface area contributed by atoms with Crippen molar-refractivity contribution in [1.29, 1.82) is 0 Å². The number of aliphatic hydroxyl groups excluding tert-OH is 1. The van der Waals surface area contributed by atoms with Crippen LogP contribution in [0, 0.1) is 5.41 Å². The summed E-state index contributed by atoms with van der Waals surface area (Å²) in [4.78, 5) is 15.3. The van der Waals surface area contributed by atoms with Crippen molar-refractivity contribution < 1.29 is 19.3 Å². The monoisotopic (exact) mass is 313 g/mol. The van der Waals surface area contributed by atoms with E-state index in [1.807, 2.05) is 0 Å². The van der Waals surface area contributed by atoms with Crippen molar-refractivity contribution in [3.8, 4) is 0 Å². The Labute approximate surface area is 126 Å². The minimum absolute atomic E-state index is 0.00653. The first-order valence-corrected chi connectivity index (χ1v) is 6.77. The molecule has 122 valence electrons. The van der Waals surface area contributed by atoms with Crippen molar-refractivity contribution in [2.24, 2.45) is 5.41 Å². The van der Waals surface area contributed by atoms with Crippen molar-refractivity contribution in [2.75, 3.05) is 18.9 Å². The molecule has 7 nitrogen and oxygen atoms in total. The van der Waals surface area contributed by atoms with Crippen LogP contribution in [0.2, 0.25) is 0 Å². The number of halogens is 1. The maximum atomic E-state index is 14.9. The third-order valence-electron chi connectivity index (χ3n) is 4.52. The van der Waals surface area contributed by atoms with Gasteiger partial charge in [0.2, 0.25) is 0 Å². The first-order valence-electron chi connectivity index (χ1n) is 6.77. The van der Waals surface area contributed by atoms with E-state index in [0.29, 0.717) is 5.57 Å². The number of hydrogen-bond acceptors (Lipinski definition) is 6. The summed E-state index contributed by atoms with van der Waals surface area (Å²) in [5.41, 5.74) is 1.69. The molecule has 0 amide bonds. The molecule has 0 spiro atoms. The van der Waals surface area contributed by atoms with Gasteiger partial charge < -0.3 is 20.7 Å². The molecule has 1 aliphatic rings.